The SMILES string of the molecule is Br.Cc1c(C2CCNCC2)s[nH]c1=O. The van der Waals surface area contributed by atoms with Gasteiger partial charge in [-0.25, -0.2) is 0 Å². The summed E-state index contributed by atoms with van der Waals surface area (Å²) >= 11 is 1.52. The van der Waals surface area contributed by atoms with Crippen molar-refractivity contribution in [3.8, 4) is 0 Å². The Morgan fingerprint density at radius 1 is 1.36 bits per heavy atom. The molecule has 0 radical (unpaired) electrons. The van der Waals surface area contributed by atoms with Gasteiger partial charge < -0.3 is 5.32 Å². The van der Waals surface area contributed by atoms with Gasteiger partial charge in [0.25, 0.3) is 5.56 Å². The lowest BCUT2D eigenvalue weighted by molar-refractivity contribution is 0.464. The summed E-state index contributed by atoms with van der Waals surface area (Å²) in [6.45, 7) is 4.08. The average molecular weight is 279 g/mol. The van der Waals surface area contributed by atoms with E-state index >= 15 is 0 Å². The van der Waals surface area contributed by atoms with Crippen LogP contribution in [0.2, 0.25) is 0 Å². The van der Waals surface area contributed by atoms with Crippen molar-refractivity contribution in [2.45, 2.75) is 25.7 Å². The summed E-state index contributed by atoms with van der Waals surface area (Å²) in [7, 11) is 0. The maximum absolute atomic E-state index is 11.2. The summed E-state index contributed by atoms with van der Waals surface area (Å²) in [5.74, 6) is 0.602. The Morgan fingerprint density at radius 2 is 2.00 bits per heavy atom. The van der Waals surface area contributed by atoms with E-state index in [2.05, 4.69) is 9.69 Å². The Kier molecular flexibility index (Phi) is 4.34. The first-order valence-electron chi connectivity index (χ1n) is 4.67. The van der Waals surface area contributed by atoms with E-state index in [0.717, 1.165) is 31.5 Å². The second kappa shape index (κ2) is 5.09. The zero-order valence-corrected chi connectivity index (χ0v) is 10.7. The molecule has 3 nitrogen and oxygen atoms in total. The number of aromatic amines is 1. The van der Waals surface area contributed by atoms with Crippen molar-refractivity contribution >= 4 is 28.5 Å². The summed E-state index contributed by atoms with van der Waals surface area (Å²) in [6, 6.07) is 0. The van der Waals surface area contributed by atoms with Crippen molar-refractivity contribution in [2.24, 2.45) is 0 Å². The molecule has 80 valence electrons. The summed E-state index contributed by atoms with van der Waals surface area (Å²) in [5, 5.41) is 3.33. The van der Waals surface area contributed by atoms with Gasteiger partial charge in [-0.15, -0.1) is 17.0 Å². The van der Waals surface area contributed by atoms with Gasteiger partial charge in [0, 0.05) is 10.4 Å². The van der Waals surface area contributed by atoms with E-state index < -0.39 is 0 Å². The fraction of sp³-hybridized carbons (Fsp3) is 0.667. The number of piperidine rings is 1. The van der Waals surface area contributed by atoms with E-state index in [4.69, 9.17) is 0 Å². The third-order valence-corrected chi connectivity index (χ3v) is 3.82. The highest BCUT2D eigenvalue weighted by atomic mass is 79.9. The lowest BCUT2D eigenvalue weighted by Crippen LogP contribution is -2.26. The Morgan fingerprint density at radius 3 is 2.50 bits per heavy atom. The first-order chi connectivity index (χ1) is 6.29. The zero-order chi connectivity index (χ0) is 9.26. The molecule has 0 bridgehead atoms. The van der Waals surface area contributed by atoms with Crippen LogP contribution in [0.1, 0.15) is 29.2 Å². The Hall–Kier alpha value is -0.130. The van der Waals surface area contributed by atoms with E-state index in [-0.39, 0.29) is 22.5 Å². The molecule has 1 aliphatic heterocycles. The molecular weight excluding hydrogens is 264 g/mol. The van der Waals surface area contributed by atoms with Crippen LogP contribution < -0.4 is 10.9 Å². The van der Waals surface area contributed by atoms with Gasteiger partial charge in [0.05, 0.1) is 0 Å². The fourth-order valence-electron chi connectivity index (χ4n) is 1.84. The van der Waals surface area contributed by atoms with Gasteiger partial charge in [-0.2, -0.15) is 0 Å². The minimum Gasteiger partial charge on any atom is -0.317 e. The quantitative estimate of drug-likeness (QED) is 0.823. The van der Waals surface area contributed by atoms with Crippen LogP contribution in [0.5, 0.6) is 0 Å². The molecule has 5 heteroatoms. The van der Waals surface area contributed by atoms with Crippen molar-refractivity contribution in [3.63, 3.8) is 0 Å². The van der Waals surface area contributed by atoms with Crippen LogP contribution in [0.4, 0.5) is 0 Å². The molecule has 0 aliphatic carbocycles. The smallest absolute Gasteiger partial charge is 0.261 e. The number of halogens is 1. The highest BCUT2D eigenvalue weighted by Gasteiger charge is 2.19. The molecule has 0 amide bonds. The standard InChI is InChI=1S/C9H14N2OS.BrH/c1-6-8(13-11-9(6)12)7-2-4-10-5-3-7;/h7,10H,2-5H2,1H3,(H,11,12);1H. The molecule has 2 rings (SSSR count). The van der Waals surface area contributed by atoms with Gasteiger partial charge in [0.2, 0.25) is 0 Å². The van der Waals surface area contributed by atoms with Crippen LogP contribution in [0.15, 0.2) is 4.79 Å². The molecule has 1 aromatic heterocycles. The van der Waals surface area contributed by atoms with E-state index in [9.17, 15) is 4.79 Å². The van der Waals surface area contributed by atoms with E-state index in [1.165, 1.54) is 16.4 Å². The topological polar surface area (TPSA) is 44.9 Å². The Labute approximate surface area is 97.8 Å². The largest absolute Gasteiger partial charge is 0.317 e. The lowest BCUT2D eigenvalue weighted by atomic mass is 9.95. The summed E-state index contributed by atoms with van der Waals surface area (Å²) in [6.07, 6.45) is 2.32. The van der Waals surface area contributed by atoms with E-state index in [1.807, 2.05) is 6.92 Å². The van der Waals surface area contributed by atoms with E-state index in [1.54, 1.807) is 0 Å². The van der Waals surface area contributed by atoms with Crippen LogP contribution in [-0.2, 0) is 0 Å². The van der Waals surface area contributed by atoms with Gasteiger partial charge >= 0.3 is 0 Å². The second-order valence-corrected chi connectivity index (χ2v) is 4.39. The van der Waals surface area contributed by atoms with Crippen LogP contribution in [-0.4, -0.2) is 17.5 Å². The normalized spacial score (nSPS) is 17.8. The molecule has 2 N–H and O–H groups in total. The Balaban J connectivity index is 0.000000980. The number of nitrogens with one attached hydrogen (secondary N) is 2. The number of hydrogen-bond acceptors (Lipinski definition) is 3. The summed E-state index contributed by atoms with van der Waals surface area (Å²) < 4.78 is 2.80. The molecule has 1 fully saturated rings. The molecule has 1 aromatic rings. The average Bonchev–Trinajstić information content (AvgIpc) is 2.49. The maximum Gasteiger partial charge on any atom is 0.261 e. The predicted molar refractivity (Wildman–Crippen MR) is 64.8 cm³/mol. The van der Waals surface area contributed by atoms with Crippen molar-refractivity contribution in [3.05, 3.63) is 20.8 Å². The summed E-state index contributed by atoms with van der Waals surface area (Å²) in [5.41, 5.74) is 1.02. The van der Waals surface area contributed by atoms with Gasteiger partial charge in [-0.1, -0.05) is 11.5 Å². The summed E-state index contributed by atoms with van der Waals surface area (Å²) in [4.78, 5) is 12.5. The third-order valence-electron chi connectivity index (χ3n) is 2.67. The van der Waals surface area contributed by atoms with Gasteiger partial charge in [-0.3, -0.25) is 9.17 Å². The highest BCUT2D eigenvalue weighted by molar-refractivity contribution is 8.93. The van der Waals surface area contributed by atoms with Crippen molar-refractivity contribution in [1.29, 1.82) is 0 Å². The molecule has 0 aromatic carbocycles. The maximum atomic E-state index is 11.2. The van der Waals surface area contributed by atoms with Gasteiger partial charge in [-0.05, 0) is 38.8 Å². The minimum absolute atomic E-state index is 0. The van der Waals surface area contributed by atoms with Crippen LogP contribution in [0.3, 0.4) is 0 Å². The van der Waals surface area contributed by atoms with E-state index in [0.29, 0.717) is 5.92 Å². The highest BCUT2D eigenvalue weighted by Crippen LogP contribution is 2.28. The monoisotopic (exact) mass is 278 g/mol. The van der Waals surface area contributed by atoms with Crippen molar-refractivity contribution < 1.29 is 0 Å². The third kappa shape index (κ3) is 2.27. The van der Waals surface area contributed by atoms with Gasteiger partial charge in [0.1, 0.15) is 0 Å². The second-order valence-electron chi connectivity index (χ2n) is 3.55. The molecule has 0 unspecified atom stereocenters. The molecular formula is C9H15BrN2OS. The fourth-order valence-corrected chi connectivity index (χ4v) is 2.84. The molecule has 1 aliphatic rings. The van der Waals surface area contributed by atoms with Crippen LogP contribution in [0, 0.1) is 6.92 Å². The predicted octanol–water partition coefficient (Wildman–Crippen LogP) is 1.79. The minimum atomic E-state index is 0. The first-order valence-corrected chi connectivity index (χ1v) is 5.49. The number of rotatable bonds is 1. The van der Waals surface area contributed by atoms with Crippen LogP contribution >= 0.6 is 28.5 Å². The molecule has 2 heterocycles. The zero-order valence-electron chi connectivity index (χ0n) is 8.13. The van der Waals surface area contributed by atoms with Gasteiger partial charge in [0.15, 0.2) is 0 Å². The molecule has 1 saturated heterocycles. The first kappa shape index (κ1) is 11.9. The lowest BCUT2D eigenvalue weighted by Gasteiger charge is -2.21. The van der Waals surface area contributed by atoms with Crippen LogP contribution in [0.25, 0.3) is 0 Å². The molecule has 0 spiro atoms. The Bertz CT molecular complexity index is 341. The van der Waals surface area contributed by atoms with Crippen molar-refractivity contribution in [1.82, 2.24) is 9.69 Å². The number of hydrogen-bond donors (Lipinski definition) is 2. The van der Waals surface area contributed by atoms with Crippen molar-refractivity contribution in [2.75, 3.05) is 13.1 Å². The molecule has 0 saturated carbocycles. The number of aromatic nitrogens is 1. The molecule has 0 atom stereocenters. The molecule has 14 heavy (non-hydrogen) atoms. The number of H-pyrrole nitrogens is 1.